The van der Waals surface area contributed by atoms with Crippen molar-refractivity contribution in [1.82, 2.24) is 0 Å². The minimum absolute atomic E-state index is 0.148. The summed E-state index contributed by atoms with van der Waals surface area (Å²) in [6, 6.07) is 23.3. The maximum Gasteiger partial charge on any atom is 0.284 e. The van der Waals surface area contributed by atoms with E-state index >= 15 is 0 Å². The van der Waals surface area contributed by atoms with E-state index < -0.39 is 26.1 Å². The van der Waals surface area contributed by atoms with Gasteiger partial charge >= 0.3 is 0 Å². The van der Waals surface area contributed by atoms with E-state index in [2.05, 4.69) is 4.99 Å². The van der Waals surface area contributed by atoms with E-state index in [-0.39, 0.29) is 22.5 Å². The van der Waals surface area contributed by atoms with E-state index in [0.717, 1.165) is 17.2 Å². The molecule has 0 spiro atoms. The van der Waals surface area contributed by atoms with Crippen LogP contribution in [0.25, 0.3) is 11.1 Å². The highest BCUT2D eigenvalue weighted by Gasteiger charge is 2.35. The maximum absolute atomic E-state index is 11.8. The number of aliphatic imine (C=N–C) groups is 1. The Kier molecular flexibility index (Phi) is 5.53. The smallest absolute Gasteiger partial charge is 0.258 e. The lowest BCUT2D eigenvalue weighted by atomic mass is 10.0. The number of nitrogens with zero attached hydrogens (tertiary/aromatic N) is 4. The molecule has 4 aromatic carbocycles. The first-order valence-corrected chi connectivity index (χ1v) is 10.8. The van der Waals surface area contributed by atoms with Crippen LogP contribution in [-0.2, 0) is 6.42 Å². The molecule has 0 unspecified atom stereocenters. The van der Waals surface area contributed by atoms with Crippen LogP contribution in [0.1, 0.15) is 22.3 Å². The quantitative estimate of drug-likeness (QED) is 0.211. The second kappa shape index (κ2) is 8.84. The SMILES string of the molecule is O=[N+]([O-])c1ccc2c(c1)C(=Nc1ccc(Cc3ccccc3)cc1)c1cc([N+](=O)[O-])cc([N+](=O)[O-])c1-2. The molecule has 36 heavy (non-hydrogen) atoms. The molecular weight excluding hydrogens is 464 g/mol. The number of nitro groups is 3. The zero-order valence-electron chi connectivity index (χ0n) is 18.5. The highest BCUT2D eigenvalue weighted by atomic mass is 16.6. The molecule has 0 bridgehead atoms. The summed E-state index contributed by atoms with van der Waals surface area (Å²) in [5.74, 6) is 0. The molecule has 0 amide bonds. The van der Waals surface area contributed by atoms with Crippen LogP contribution in [-0.4, -0.2) is 20.5 Å². The average Bonchev–Trinajstić information content (AvgIpc) is 3.17. The van der Waals surface area contributed by atoms with Crippen LogP contribution >= 0.6 is 0 Å². The lowest BCUT2D eigenvalue weighted by Crippen LogP contribution is -2.01. The van der Waals surface area contributed by atoms with Crippen LogP contribution in [0.15, 0.2) is 89.9 Å². The molecule has 0 heterocycles. The Labute approximate surface area is 203 Å². The van der Waals surface area contributed by atoms with E-state index in [1.165, 1.54) is 24.3 Å². The fourth-order valence-electron chi connectivity index (χ4n) is 4.31. The van der Waals surface area contributed by atoms with E-state index in [0.29, 0.717) is 23.2 Å². The van der Waals surface area contributed by atoms with Crippen LogP contribution in [0.5, 0.6) is 0 Å². The van der Waals surface area contributed by atoms with Crippen molar-refractivity contribution < 1.29 is 14.8 Å². The van der Waals surface area contributed by atoms with Gasteiger partial charge in [-0.15, -0.1) is 0 Å². The predicted molar refractivity (Wildman–Crippen MR) is 133 cm³/mol. The second-order valence-electron chi connectivity index (χ2n) is 8.18. The van der Waals surface area contributed by atoms with Gasteiger partial charge in [-0.25, -0.2) is 4.99 Å². The summed E-state index contributed by atoms with van der Waals surface area (Å²) in [4.78, 5) is 37.4. The molecule has 0 aromatic heterocycles. The highest BCUT2D eigenvalue weighted by Crippen LogP contribution is 2.46. The van der Waals surface area contributed by atoms with Gasteiger partial charge in [0.25, 0.3) is 17.1 Å². The molecular formula is C26H16N4O6. The van der Waals surface area contributed by atoms with Gasteiger partial charge in [-0.2, -0.15) is 0 Å². The molecule has 10 nitrogen and oxygen atoms in total. The number of fused-ring (bicyclic) bond motifs is 3. The number of hydrogen-bond donors (Lipinski definition) is 0. The van der Waals surface area contributed by atoms with Gasteiger partial charge in [0.2, 0.25) is 0 Å². The van der Waals surface area contributed by atoms with Crippen molar-refractivity contribution in [1.29, 1.82) is 0 Å². The first kappa shape index (κ1) is 22.5. The minimum atomic E-state index is -0.714. The van der Waals surface area contributed by atoms with Crippen molar-refractivity contribution in [2.24, 2.45) is 4.99 Å². The molecule has 176 valence electrons. The van der Waals surface area contributed by atoms with E-state index in [9.17, 15) is 30.3 Å². The summed E-state index contributed by atoms with van der Waals surface area (Å²) >= 11 is 0. The van der Waals surface area contributed by atoms with Gasteiger partial charge in [-0.3, -0.25) is 30.3 Å². The molecule has 0 N–H and O–H groups in total. The maximum atomic E-state index is 11.8. The van der Waals surface area contributed by atoms with Gasteiger partial charge < -0.3 is 0 Å². The fraction of sp³-hybridized carbons (Fsp3) is 0.0385. The van der Waals surface area contributed by atoms with Crippen LogP contribution < -0.4 is 0 Å². The van der Waals surface area contributed by atoms with Crippen molar-refractivity contribution in [3.05, 3.63) is 138 Å². The van der Waals surface area contributed by atoms with E-state index in [1.807, 2.05) is 42.5 Å². The topological polar surface area (TPSA) is 142 Å². The summed E-state index contributed by atoms with van der Waals surface area (Å²) in [6.45, 7) is 0. The van der Waals surface area contributed by atoms with Crippen LogP contribution in [0.2, 0.25) is 0 Å². The van der Waals surface area contributed by atoms with Gasteiger partial charge in [-0.05, 0) is 41.3 Å². The largest absolute Gasteiger partial charge is 0.284 e. The molecule has 0 saturated carbocycles. The molecule has 10 heteroatoms. The Morgan fingerprint density at radius 1 is 0.611 bits per heavy atom. The molecule has 0 saturated heterocycles. The Hall–Kier alpha value is -5.25. The molecule has 1 aliphatic carbocycles. The molecule has 5 rings (SSSR count). The Morgan fingerprint density at radius 2 is 1.25 bits per heavy atom. The zero-order chi connectivity index (χ0) is 25.4. The van der Waals surface area contributed by atoms with Gasteiger partial charge in [0, 0.05) is 29.3 Å². The monoisotopic (exact) mass is 480 g/mol. The van der Waals surface area contributed by atoms with Crippen LogP contribution in [0, 0.1) is 30.3 Å². The summed E-state index contributed by atoms with van der Waals surface area (Å²) in [7, 11) is 0. The summed E-state index contributed by atoms with van der Waals surface area (Å²) in [5, 5.41) is 34.7. The molecule has 0 atom stereocenters. The summed E-state index contributed by atoms with van der Waals surface area (Å²) in [5.41, 5.74) is 2.73. The van der Waals surface area contributed by atoms with Crippen molar-refractivity contribution in [3.8, 4) is 11.1 Å². The summed E-state index contributed by atoms with van der Waals surface area (Å²) in [6.07, 6.45) is 0.716. The third kappa shape index (κ3) is 4.07. The normalized spacial score (nSPS) is 12.7. The van der Waals surface area contributed by atoms with E-state index in [1.54, 1.807) is 12.1 Å². The lowest BCUT2D eigenvalue weighted by molar-refractivity contribution is -0.393. The average molecular weight is 480 g/mol. The Balaban J connectivity index is 1.66. The van der Waals surface area contributed by atoms with Crippen LogP contribution in [0.4, 0.5) is 22.7 Å². The van der Waals surface area contributed by atoms with Crippen molar-refractivity contribution in [2.45, 2.75) is 6.42 Å². The molecule has 0 fully saturated rings. The molecule has 1 aliphatic rings. The van der Waals surface area contributed by atoms with Gasteiger partial charge in [0.1, 0.15) is 0 Å². The Morgan fingerprint density at radius 3 is 1.89 bits per heavy atom. The van der Waals surface area contributed by atoms with Crippen LogP contribution in [0.3, 0.4) is 0 Å². The summed E-state index contributed by atoms with van der Waals surface area (Å²) < 4.78 is 0. The first-order valence-electron chi connectivity index (χ1n) is 10.8. The van der Waals surface area contributed by atoms with Gasteiger partial charge in [0.05, 0.1) is 37.8 Å². The Bertz CT molecular complexity index is 1580. The number of hydrogen-bond acceptors (Lipinski definition) is 7. The number of nitro benzene ring substituents is 3. The standard InChI is InChI=1S/C26H16N4O6/c31-28(32)19-10-11-21-22(13-19)26(23-14-20(29(33)34)15-24(25(21)23)30(35)36)27-18-8-6-17(7-9-18)12-16-4-2-1-3-5-16/h1-11,13-15H,12H2. The van der Waals surface area contributed by atoms with Gasteiger partial charge in [0.15, 0.2) is 0 Å². The molecule has 0 radical (unpaired) electrons. The van der Waals surface area contributed by atoms with Gasteiger partial charge in [-0.1, -0.05) is 42.5 Å². The predicted octanol–water partition coefficient (Wildman–Crippen LogP) is 6.15. The highest BCUT2D eigenvalue weighted by molar-refractivity contribution is 6.27. The number of non-ortho nitro benzene ring substituents is 2. The third-order valence-electron chi connectivity index (χ3n) is 5.93. The second-order valence-corrected chi connectivity index (χ2v) is 8.18. The van der Waals surface area contributed by atoms with Crippen molar-refractivity contribution >= 4 is 28.5 Å². The lowest BCUT2D eigenvalue weighted by Gasteiger charge is -2.05. The minimum Gasteiger partial charge on any atom is -0.258 e. The van der Waals surface area contributed by atoms with Crippen molar-refractivity contribution in [2.75, 3.05) is 0 Å². The molecule has 0 aliphatic heterocycles. The zero-order valence-corrected chi connectivity index (χ0v) is 18.5. The number of rotatable bonds is 6. The van der Waals surface area contributed by atoms with E-state index in [4.69, 9.17) is 0 Å². The molecule has 4 aromatic rings. The first-order chi connectivity index (χ1) is 17.3. The fourth-order valence-corrected chi connectivity index (χ4v) is 4.31. The van der Waals surface area contributed by atoms with Crippen molar-refractivity contribution in [3.63, 3.8) is 0 Å². The third-order valence-corrected chi connectivity index (χ3v) is 5.93. The number of benzene rings is 4.